The number of hydrogen-bond donors (Lipinski definition) is 1. The van der Waals surface area contributed by atoms with E-state index in [4.69, 9.17) is 26.7 Å². The molecule has 170 valence electrons. The van der Waals surface area contributed by atoms with Crippen LogP contribution in [-0.2, 0) is 14.3 Å². The molecule has 0 saturated carbocycles. The van der Waals surface area contributed by atoms with Crippen molar-refractivity contribution in [2.24, 2.45) is 0 Å². The molecule has 2 fully saturated rings. The van der Waals surface area contributed by atoms with E-state index in [2.05, 4.69) is 5.32 Å². The lowest BCUT2D eigenvalue weighted by Gasteiger charge is -2.18. The molecule has 8 nitrogen and oxygen atoms in total. The van der Waals surface area contributed by atoms with Crippen LogP contribution in [0.4, 0.5) is 5.82 Å². The number of nitrogens with one attached hydrogen (secondary N) is 1. The van der Waals surface area contributed by atoms with Gasteiger partial charge in [-0.3, -0.25) is 18.9 Å². The minimum Gasteiger partial charge on any atom is -0.385 e. The van der Waals surface area contributed by atoms with E-state index in [1.165, 1.54) is 16.2 Å². The molecule has 2 aliphatic rings. The molecule has 1 N–H and O–H groups in total. The summed E-state index contributed by atoms with van der Waals surface area (Å²) in [7, 11) is 1.65. The third-order valence-electron chi connectivity index (χ3n) is 5.46. The van der Waals surface area contributed by atoms with Crippen LogP contribution in [0.2, 0.25) is 0 Å². The van der Waals surface area contributed by atoms with Crippen LogP contribution in [0.5, 0.6) is 0 Å². The fourth-order valence-corrected chi connectivity index (χ4v) is 5.04. The predicted molar refractivity (Wildman–Crippen MR) is 130 cm³/mol. The van der Waals surface area contributed by atoms with E-state index in [0.29, 0.717) is 52.6 Å². The van der Waals surface area contributed by atoms with Gasteiger partial charge in [0.25, 0.3) is 11.5 Å². The van der Waals surface area contributed by atoms with E-state index in [1.807, 2.05) is 19.1 Å². The summed E-state index contributed by atoms with van der Waals surface area (Å²) < 4.78 is 12.8. The first kappa shape index (κ1) is 22.9. The Morgan fingerprint density at radius 2 is 2.28 bits per heavy atom. The maximum absolute atomic E-state index is 13.4. The van der Waals surface area contributed by atoms with Crippen LogP contribution in [0, 0.1) is 6.92 Å². The van der Waals surface area contributed by atoms with Crippen LogP contribution in [-0.4, -0.2) is 64.0 Å². The second-order valence-corrected chi connectivity index (χ2v) is 9.44. The molecule has 2 aromatic rings. The Hall–Kier alpha value is -2.27. The number of rotatable bonds is 8. The van der Waals surface area contributed by atoms with Crippen molar-refractivity contribution in [3.63, 3.8) is 0 Å². The third kappa shape index (κ3) is 4.73. The Morgan fingerprint density at radius 1 is 1.44 bits per heavy atom. The van der Waals surface area contributed by atoms with Gasteiger partial charge in [-0.2, -0.15) is 0 Å². The van der Waals surface area contributed by atoms with E-state index >= 15 is 0 Å². The molecule has 0 unspecified atom stereocenters. The maximum Gasteiger partial charge on any atom is 0.267 e. The first-order chi connectivity index (χ1) is 15.5. The van der Waals surface area contributed by atoms with Crippen LogP contribution < -0.4 is 10.9 Å². The zero-order valence-electron chi connectivity index (χ0n) is 18.1. The smallest absolute Gasteiger partial charge is 0.267 e. The number of hydrogen-bond acceptors (Lipinski definition) is 8. The first-order valence-electron chi connectivity index (χ1n) is 10.6. The molecular weight excluding hydrogens is 448 g/mol. The molecule has 1 amide bonds. The number of methoxy groups -OCH3 is 1. The molecule has 1 atom stereocenters. The third-order valence-corrected chi connectivity index (χ3v) is 6.84. The van der Waals surface area contributed by atoms with Crippen LogP contribution >= 0.6 is 24.0 Å². The van der Waals surface area contributed by atoms with E-state index in [-0.39, 0.29) is 17.6 Å². The summed E-state index contributed by atoms with van der Waals surface area (Å²) >= 11 is 6.66. The van der Waals surface area contributed by atoms with Gasteiger partial charge < -0.3 is 14.8 Å². The Morgan fingerprint density at radius 3 is 3.03 bits per heavy atom. The average Bonchev–Trinajstić information content (AvgIpc) is 3.38. The SMILES string of the molecule is COCCCNc1nc2c(C)cccn2c(=O)c1/C=C1\SC(=S)N(C[C@H]2CCCO2)C1=O. The van der Waals surface area contributed by atoms with Gasteiger partial charge in [0.15, 0.2) is 0 Å². The van der Waals surface area contributed by atoms with Crippen molar-refractivity contribution < 1.29 is 14.3 Å². The lowest BCUT2D eigenvalue weighted by Crippen LogP contribution is -2.35. The van der Waals surface area contributed by atoms with Gasteiger partial charge in [-0.25, -0.2) is 4.98 Å². The van der Waals surface area contributed by atoms with Gasteiger partial charge in [0, 0.05) is 33.1 Å². The fourth-order valence-electron chi connectivity index (χ4n) is 3.78. The molecule has 2 aromatic heterocycles. The second-order valence-electron chi connectivity index (χ2n) is 7.76. The molecule has 0 radical (unpaired) electrons. The lowest BCUT2D eigenvalue weighted by atomic mass is 10.2. The molecule has 0 aliphatic carbocycles. The summed E-state index contributed by atoms with van der Waals surface area (Å²) in [5.41, 5.74) is 1.56. The van der Waals surface area contributed by atoms with Crippen molar-refractivity contribution in [1.82, 2.24) is 14.3 Å². The number of nitrogens with zero attached hydrogens (tertiary/aromatic N) is 3. The van der Waals surface area contributed by atoms with Gasteiger partial charge in [-0.05, 0) is 43.9 Å². The van der Waals surface area contributed by atoms with Gasteiger partial charge >= 0.3 is 0 Å². The molecular formula is C22H26N4O4S2. The Labute approximate surface area is 196 Å². The molecule has 2 aliphatic heterocycles. The maximum atomic E-state index is 13.4. The van der Waals surface area contributed by atoms with Crippen molar-refractivity contribution in [2.45, 2.75) is 32.3 Å². The van der Waals surface area contributed by atoms with Crippen LogP contribution in [0.1, 0.15) is 30.4 Å². The zero-order valence-corrected chi connectivity index (χ0v) is 19.8. The highest BCUT2D eigenvalue weighted by Gasteiger charge is 2.35. The minimum atomic E-state index is -0.239. The largest absolute Gasteiger partial charge is 0.385 e. The number of carbonyl (C=O) groups excluding carboxylic acids is 1. The Bertz CT molecular complexity index is 1120. The Kier molecular flexibility index (Phi) is 7.24. The van der Waals surface area contributed by atoms with Gasteiger partial charge in [0.05, 0.1) is 23.1 Å². The van der Waals surface area contributed by atoms with Crippen LogP contribution in [0.3, 0.4) is 0 Å². The summed E-state index contributed by atoms with van der Waals surface area (Å²) in [6.45, 7) is 4.25. The quantitative estimate of drug-likeness (QED) is 0.355. The predicted octanol–water partition coefficient (Wildman–Crippen LogP) is 2.83. The second kappa shape index (κ2) is 10.1. The minimum absolute atomic E-state index is 0.00537. The van der Waals surface area contributed by atoms with Crippen molar-refractivity contribution in [3.05, 3.63) is 44.7 Å². The van der Waals surface area contributed by atoms with Gasteiger partial charge in [0.2, 0.25) is 0 Å². The van der Waals surface area contributed by atoms with Crippen molar-refractivity contribution >= 4 is 51.7 Å². The van der Waals surface area contributed by atoms with Crippen LogP contribution in [0.25, 0.3) is 11.7 Å². The summed E-state index contributed by atoms with van der Waals surface area (Å²) in [5, 5.41) is 3.24. The van der Waals surface area contributed by atoms with Crippen molar-refractivity contribution in [3.8, 4) is 0 Å². The van der Waals surface area contributed by atoms with Crippen molar-refractivity contribution in [1.29, 1.82) is 0 Å². The highest BCUT2D eigenvalue weighted by Crippen LogP contribution is 2.34. The van der Waals surface area contributed by atoms with E-state index in [0.717, 1.165) is 24.8 Å². The summed E-state index contributed by atoms with van der Waals surface area (Å²) in [6.07, 6.45) is 5.97. The van der Waals surface area contributed by atoms with E-state index < -0.39 is 0 Å². The number of aromatic nitrogens is 2. The zero-order chi connectivity index (χ0) is 22.7. The van der Waals surface area contributed by atoms with Gasteiger partial charge in [-0.15, -0.1) is 0 Å². The fraction of sp³-hybridized carbons (Fsp3) is 0.455. The first-order valence-corrected chi connectivity index (χ1v) is 11.8. The number of fused-ring (bicyclic) bond motifs is 1. The molecule has 4 rings (SSSR count). The molecule has 0 bridgehead atoms. The van der Waals surface area contributed by atoms with Crippen LogP contribution in [0.15, 0.2) is 28.0 Å². The molecule has 2 saturated heterocycles. The number of ether oxygens (including phenoxy) is 2. The molecule has 0 aromatic carbocycles. The molecule has 0 spiro atoms. The molecule has 32 heavy (non-hydrogen) atoms. The monoisotopic (exact) mass is 474 g/mol. The summed E-state index contributed by atoms with van der Waals surface area (Å²) in [5.74, 6) is 0.249. The van der Waals surface area contributed by atoms with Gasteiger partial charge in [-0.1, -0.05) is 30.0 Å². The topological polar surface area (TPSA) is 85.2 Å². The number of thiocarbonyl (C=S) groups is 1. The summed E-state index contributed by atoms with van der Waals surface area (Å²) in [6, 6.07) is 3.72. The molecule has 4 heterocycles. The molecule has 10 heteroatoms. The number of thioether (sulfide) groups is 1. The standard InChI is InChI=1S/C22H26N4O4S2/c1-14-6-3-9-25-19(14)24-18(23-8-5-10-29-2)16(20(25)27)12-17-21(28)26(22(31)32-17)13-15-7-4-11-30-15/h3,6,9,12,15,23H,4-5,7-8,10-11,13H2,1-2H3/b17-12-/t15-/m1/s1. The number of anilines is 1. The number of amides is 1. The average molecular weight is 475 g/mol. The summed E-state index contributed by atoms with van der Waals surface area (Å²) in [4.78, 5) is 33.1. The highest BCUT2D eigenvalue weighted by atomic mass is 32.2. The highest BCUT2D eigenvalue weighted by molar-refractivity contribution is 8.26. The van der Waals surface area contributed by atoms with Gasteiger partial charge in [0.1, 0.15) is 15.8 Å². The number of carbonyl (C=O) groups is 1. The number of aryl methyl sites for hydroxylation is 1. The number of pyridine rings is 1. The lowest BCUT2D eigenvalue weighted by molar-refractivity contribution is -0.123. The van der Waals surface area contributed by atoms with E-state index in [1.54, 1.807) is 24.3 Å². The normalized spacial score (nSPS) is 20.1. The Balaban J connectivity index is 1.69. The van der Waals surface area contributed by atoms with Crippen molar-refractivity contribution in [2.75, 3.05) is 38.7 Å². The van der Waals surface area contributed by atoms with E-state index in [9.17, 15) is 9.59 Å².